The number of H-pyrrole nitrogens is 1. The average Bonchev–Trinajstić information content (AvgIpc) is 3.95. The lowest BCUT2D eigenvalue weighted by molar-refractivity contribution is -0.121. The number of unbranched alkanes of at least 4 members (excludes halogenated alkanes) is 2. The van der Waals surface area contributed by atoms with Crippen LogP contribution in [0.1, 0.15) is 83.3 Å². The molecule has 4 atom stereocenters. The van der Waals surface area contributed by atoms with Crippen molar-refractivity contribution < 1.29 is 28.5 Å². The van der Waals surface area contributed by atoms with E-state index >= 15 is 0 Å². The molecular weight excluding hydrogens is 742 g/mol. The molecule has 2 fully saturated rings. The van der Waals surface area contributed by atoms with Crippen LogP contribution >= 0.6 is 23.4 Å². The summed E-state index contributed by atoms with van der Waals surface area (Å²) in [5.74, 6) is 3.92. The second kappa shape index (κ2) is 22.1. The number of nitrogens with zero attached hydrogens (tertiary/aromatic N) is 2. The lowest BCUT2D eigenvalue weighted by Crippen LogP contribution is -2.36. The number of carbonyl (C=O) groups is 2. The van der Waals surface area contributed by atoms with Crippen molar-refractivity contribution in [2.24, 2.45) is 5.92 Å². The number of hydrogen-bond acceptors (Lipinski definition) is 10. The maximum Gasteiger partial charge on any atom is 0.315 e. The lowest BCUT2D eigenvalue weighted by atomic mass is 10.0. The van der Waals surface area contributed by atoms with Crippen molar-refractivity contribution >= 4 is 46.8 Å². The van der Waals surface area contributed by atoms with Gasteiger partial charge in [0.15, 0.2) is 22.5 Å². The molecule has 15 heteroatoms. The largest absolute Gasteiger partial charge is 0.493 e. The number of carbonyl (C=O) groups excluding carboxylic acids is 2. The molecule has 2 aliphatic heterocycles. The second-order valence-corrected chi connectivity index (χ2v) is 15.8. The number of benzene rings is 1. The molecule has 2 saturated heterocycles. The van der Waals surface area contributed by atoms with Gasteiger partial charge in [0.2, 0.25) is 5.91 Å². The van der Waals surface area contributed by atoms with E-state index in [1.807, 2.05) is 36.0 Å². The van der Waals surface area contributed by atoms with E-state index in [1.165, 1.54) is 25.7 Å². The third-order valence-electron chi connectivity index (χ3n) is 10.2. The molecular formula is C40H58ClN7O6S. The Balaban J connectivity index is 0.000000654. The van der Waals surface area contributed by atoms with Crippen molar-refractivity contribution in [3.8, 4) is 22.8 Å². The van der Waals surface area contributed by atoms with Crippen LogP contribution < -0.4 is 30.7 Å². The van der Waals surface area contributed by atoms with Crippen LogP contribution in [0.5, 0.6) is 11.5 Å². The number of rotatable bonds is 22. The first-order chi connectivity index (χ1) is 26.8. The van der Waals surface area contributed by atoms with Crippen LogP contribution in [0, 0.1) is 5.92 Å². The molecule has 3 aliphatic rings. The van der Waals surface area contributed by atoms with E-state index in [-0.39, 0.29) is 24.0 Å². The molecule has 55 heavy (non-hydrogen) atoms. The molecule has 4 unspecified atom stereocenters. The zero-order chi connectivity index (χ0) is 39.0. The highest BCUT2D eigenvalue weighted by molar-refractivity contribution is 8.00. The zero-order valence-corrected chi connectivity index (χ0v) is 34.2. The molecule has 0 saturated carbocycles. The molecule has 3 amide bonds. The van der Waals surface area contributed by atoms with E-state index < -0.39 is 0 Å². The highest BCUT2D eigenvalue weighted by Crippen LogP contribution is 2.44. The van der Waals surface area contributed by atoms with Crippen molar-refractivity contribution in [1.82, 2.24) is 31.1 Å². The van der Waals surface area contributed by atoms with Gasteiger partial charge in [-0.25, -0.2) is 9.78 Å². The summed E-state index contributed by atoms with van der Waals surface area (Å²) in [7, 11) is 1.62. The summed E-state index contributed by atoms with van der Waals surface area (Å²) < 4.78 is 22.9. The van der Waals surface area contributed by atoms with Crippen molar-refractivity contribution in [2.45, 2.75) is 95.9 Å². The Labute approximate surface area is 334 Å². The Morgan fingerprint density at radius 3 is 2.67 bits per heavy atom. The van der Waals surface area contributed by atoms with Crippen LogP contribution in [0.15, 0.2) is 30.5 Å². The minimum Gasteiger partial charge on any atom is -0.493 e. The van der Waals surface area contributed by atoms with Crippen molar-refractivity contribution in [3.63, 3.8) is 0 Å². The number of urea groups is 1. The Hall–Kier alpha value is -3.72. The first-order valence-electron chi connectivity index (χ1n) is 19.7. The highest BCUT2D eigenvalue weighted by Gasteiger charge is 2.42. The number of hydrogen-bond donors (Lipinski definition) is 5. The fourth-order valence-electron chi connectivity index (χ4n) is 6.83. The SMILES string of the molecule is CCCCC(C)CC.COc1cc2c(cc1OCCOCCOCCNC(=O)CCCCC1SCC3NC(=O)NC31)Cc1c(Nc3cccnc3Cl)n[nH]c1-2. The maximum atomic E-state index is 12.1. The summed E-state index contributed by atoms with van der Waals surface area (Å²) in [4.78, 5) is 27.7. The van der Waals surface area contributed by atoms with Crippen LogP contribution in [0.4, 0.5) is 16.3 Å². The molecule has 13 nitrogen and oxygen atoms in total. The number of aromatic amines is 1. The fraction of sp³-hybridized carbons (Fsp3) is 0.600. The van der Waals surface area contributed by atoms with Crippen molar-refractivity contribution in [2.75, 3.05) is 57.8 Å². The number of halogens is 1. The van der Waals surface area contributed by atoms with Crippen LogP contribution in [0.3, 0.4) is 0 Å². The zero-order valence-electron chi connectivity index (χ0n) is 32.6. The van der Waals surface area contributed by atoms with E-state index in [0.29, 0.717) is 85.8 Å². The van der Waals surface area contributed by atoms with E-state index in [4.69, 9.17) is 30.5 Å². The summed E-state index contributed by atoms with van der Waals surface area (Å²) in [6, 6.07) is 8.02. The van der Waals surface area contributed by atoms with E-state index in [1.54, 1.807) is 13.3 Å². The maximum absolute atomic E-state index is 12.1. The predicted molar refractivity (Wildman–Crippen MR) is 219 cm³/mol. The Morgan fingerprint density at radius 1 is 1.07 bits per heavy atom. The van der Waals surface area contributed by atoms with E-state index in [9.17, 15) is 9.59 Å². The topological polar surface area (TPSA) is 161 Å². The van der Waals surface area contributed by atoms with Gasteiger partial charge in [0.1, 0.15) is 6.61 Å². The number of aromatic nitrogens is 3. The molecule has 4 heterocycles. The van der Waals surface area contributed by atoms with Crippen molar-refractivity contribution in [3.05, 3.63) is 46.7 Å². The number of nitrogens with one attached hydrogen (secondary N) is 5. The van der Waals surface area contributed by atoms with Gasteiger partial charge < -0.3 is 40.2 Å². The smallest absolute Gasteiger partial charge is 0.315 e. The molecule has 5 N–H and O–H groups in total. The average molecular weight is 800 g/mol. The Kier molecular flexibility index (Phi) is 17.1. The number of thioether (sulfide) groups is 1. The van der Waals surface area contributed by atoms with Crippen LogP contribution in [-0.2, 0) is 20.7 Å². The predicted octanol–water partition coefficient (Wildman–Crippen LogP) is 7.26. The molecule has 0 spiro atoms. The summed E-state index contributed by atoms with van der Waals surface area (Å²) in [5, 5.41) is 20.5. The van der Waals surface area contributed by atoms with Crippen LogP contribution in [0.2, 0.25) is 5.15 Å². The molecule has 1 aliphatic carbocycles. The van der Waals surface area contributed by atoms with Gasteiger partial charge in [-0.1, -0.05) is 64.5 Å². The standard InChI is InChI=1S/C32H40ClN7O6S.C8H18/c1-43-24-17-20-19(15-21-28(20)39-40-31(21)36-22-5-4-8-35-30(22)33)16-25(24)46-14-13-45-12-11-44-10-9-34-27(41)7-3-2-6-26-29-23(18-47-26)37-32(42)38-29;1-4-6-7-8(3)5-2/h4-5,8,16-17,23,26,29H,2-3,6-7,9-15,18H2,1H3,(H,34,41)(H2,36,39,40)(H2,37,38,42);8H,4-7H2,1-3H3. The minimum absolute atomic E-state index is 0.0355. The molecule has 1 aromatic carbocycles. The highest BCUT2D eigenvalue weighted by atomic mass is 35.5. The number of fused-ring (bicyclic) bond motifs is 4. The van der Waals surface area contributed by atoms with Gasteiger partial charge in [0, 0.05) is 47.7 Å². The molecule has 302 valence electrons. The minimum atomic E-state index is -0.0627. The molecule has 0 bridgehead atoms. The van der Waals surface area contributed by atoms with Gasteiger partial charge in [-0.2, -0.15) is 16.9 Å². The number of methoxy groups -OCH3 is 1. The number of anilines is 2. The number of pyridine rings is 1. The van der Waals surface area contributed by atoms with Gasteiger partial charge in [-0.05, 0) is 48.6 Å². The summed E-state index contributed by atoms with van der Waals surface area (Å²) in [6.07, 6.45) is 11.2. The summed E-state index contributed by atoms with van der Waals surface area (Å²) in [5.41, 5.74) is 4.78. The van der Waals surface area contributed by atoms with E-state index in [2.05, 4.69) is 57.2 Å². The quantitative estimate of drug-likeness (QED) is 0.0311. The third kappa shape index (κ3) is 12.4. The van der Waals surface area contributed by atoms with Gasteiger partial charge in [0.25, 0.3) is 0 Å². The Bertz CT molecular complexity index is 1680. The normalized spacial score (nSPS) is 18.3. The van der Waals surface area contributed by atoms with Crippen molar-refractivity contribution in [1.29, 1.82) is 0 Å². The van der Waals surface area contributed by atoms with Crippen LogP contribution in [0.25, 0.3) is 11.3 Å². The second-order valence-electron chi connectivity index (χ2n) is 14.2. The lowest BCUT2D eigenvalue weighted by Gasteiger charge is -2.16. The first kappa shape index (κ1) is 42.4. The Morgan fingerprint density at radius 2 is 1.89 bits per heavy atom. The molecule has 6 rings (SSSR count). The van der Waals surface area contributed by atoms with E-state index in [0.717, 1.165) is 53.3 Å². The fourth-order valence-corrected chi connectivity index (χ4v) is 8.54. The van der Waals surface area contributed by atoms with Gasteiger partial charge in [0.05, 0.1) is 57.0 Å². The number of amides is 3. The number of ether oxygens (including phenoxy) is 4. The first-order valence-corrected chi connectivity index (χ1v) is 21.1. The van der Waals surface area contributed by atoms with Gasteiger partial charge >= 0.3 is 6.03 Å². The summed E-state index contributed by atoms with van der Waals surface area (Å²) in [6.45, 7) is 9.35. The van der Waals surface area contributed by atoms with Crippen LogP contribution in [-0.4, -0.2) is 96.9 Å². The van der Waals surface area contributed by atoms with Gasteiger partial charge in [-0.3, -0.25) is 9.89 Å². The monoisotopic (exact) mass is 799 g/mol. The molecule has 2 aromatic heterocycles. The third-order valence-corrected chi connectivity index (χ3v) is 12.0. The molecule has 0 radical (unpaired) electrons. The van der Waals surface area contributed by atoms with Gasteiger partial charge in [-0.15, -0.1) is 0 Å². The summed E-state index contributed by atoms with van der Waals surface area (Å²) >= 11 is 8.12. The molecule has 3 aromatic rings.